The van der Waals surface area contributed by atoms with E-state index in [4.69, 9.17) is 40.4 Å². The Bertz CT molecular complexity index is 1280. The van der Waals surface area contributed by atoms with Crippen molar-refractivity contribution >= 4 is 57.7 Å². The molecule has 0 aliphatic heterocycles. The first-order valence-corrected chi connectivity index (χ1v) is 13.0. The van der Waals surface area contributed by atoms with Gasteiger partial charge in [-0.25, -0.2) is 0 Å². The lowest BCUT2D eigenvalue weighted by Gasteiger charge is -2.30. The van der Waals surface area contributed by atoms with Gasteiger partial charge >= 0.3 is 0 Å². The molecule has 35 heavy (non-hydrogen) atoms. The number of hydrogen-bond donors (Lipinski definition) is 4. The Balaban J connectivity index is 1.67. The Kier molecular flexibility index (Phi) is 8.13. The normalized spacial score (nSPS) is 14.4. The van der Waals surface area contributed by atoms with Crippen molar-refractivity contribution in [2.75, 3.05) is 17.6 Å². The number of rotatable bonds is 8. The van der Waals surface area contributed by atoms with Crippen molar-refractivity contribution in [1.29, 1.82) is 0 Å². The fourth-order valence-corrected chi connectivity index (χ4v) is 4.97. The second-order valence-corrected chi connectivity index (χ2v) is 10.1. The number of allylic oxidation sites excluding steroid dienone is 2. The highest BCUT2D eigenvalue weighted by atomic mass is 35.5. The number of nitrogens with zero attached hydrogens (tertiary/aromatic N) is 1. The molecule has 1 saturated carbocycles. The molecule has 6 nitrogen and oxygen atoms in total. The first-order chi connectivity index (χ1) is 16.9. The van der Waals surface area contributed by atoms with Crippen LogP contribution in [-0.4, -0.2) is 18.3 Å². The van der Waals surface area contributed by atoms with Crippen molar-refractivity contribution in [2.24, 2.45) is 16.5 Å². The number of hydrogen-bond acceptors (Lipinski definition) is 5. The number of aliphatic imine (C=N–C) groups is 1. The van der Waals surface area contributed by atoms with E-state index in [0.717, 1.165) is 42.6 Å². The minimum Gasteiger partial charge on any atom is -0.398 e. The predicted octanol–water partition coefficient (Wildman–Crippen LogP) is 6.17. The van der Waals surface area contributed by atoms with Gasteiger partial charge in [-0.2, -0.15) is 4.99 Å². The standard InChI is InChI=1S/C26H27Cl2N5OS/c27-20-8-6-16(13-21(20)28)18(10-11-29)24(15-3-1-4-15)32-17-7-9-22(30)19(14-17)25(31)33-26(34)23-5-2-12-35-23/h2,5-9,12-14,18,32H,1,3-4,10-11,29-30H2,(H2,31,33,34). The third-order valence-corrected chi connectivity index (χ3v) is 7.65. The third-order valence-electron chi connectivity index (χ3n) is 6.05. The van der Waals surface area contributed by atoms with Crippen LogP contribution in [0.5, 0.6) is 0 Å². The van der Waals surface area contributed by atoms with Crippen molar-refractivity contribution in [3.05, 3.63) is 91.2 Å². The Morgan fingerprint density at radius 3 is 2.54 bits per heavy atom. The monoisotopic (exact) mass is 527 g/mol. The summed E-state index contributed by atoms with van der Waals surface area (Å²) in [6.45, 7) is 0.515. The summed E-state index contributed by atoms with van der Waals surface area (Å²) in [6, 6.07) is 14.7. The van der Waals surface area contributed by atoms with E-state index >= 15 is 0 Å². The molecule has 7 N–H and O–H groups in total. The molecular formula is C26H27Cl2N5OS. The number of halogens is 2. The van der Waals surface area contributed by atoms with E-state index in [1.807, 2.05) is 35.7 Å². The van der Waals surface area contributed by atoms with Gasteiger partial charge in [-0.15, -0.1) is 11.3 Å². The molecule has 1 atom stereocenters. The fraction of sp³-hybridized carbons (Fsp3) is 0.231. The van der Waals surface area contributed by atoms with E-state index in [2.05, 4.69) is 10.3 Å². The number of amidine groups is 1. The first-order valence-electron chi connectivity index (χ1n) is 11.3. The molecule has 1 unspecified atom stereocenters. The van der Waals surface area contributed by atoms with E-state index in [-0.39, 0.29) is 11.8 Å². The van der Waals surface area contributed by atoms with E-state index in [1.165, 1.54) is 16.9 Å². The predicted molar refractivity (Wildman–Crippen MR) is 148 cm³/mol. The molecule has 2 aromatic carbocycles. The quantitative estimate of drug-likeness (QED) is 0.158. The van der Waals surface area contributed by atoms with Crippen molar-refractivity contribution in [3.63, 3.8) is 0 Å². The summed E-state index contributed by atoms with van der Waals surface area (Å²) in [4.78, 5) is 17.0. The highest BCUT2D eigenvalue weighted by Gasteiger charge is 2.24. The minimum absolute atomic E-state index is 0.0255. The maximum absolute atomic E-state index is 12.4. The second-order valence-electron chi connectivity index (χ2n) is 8.38. The molecule has 1 fully saturated rings. The minimum atomic E-state index is -0.393. The largest absolute Gasteiger partial charge is 0.398 e. The molecule has 0 spiro atoms. The van der Waals surface area contributed by atoms with Crippen LogP contribution in [0.1, 0.15) is 52.4 Å². The summed E-state index contributed by atoms with van der Waals surface area (Å²) in [5, 5.41) is 6.45. The topological polar surface area (TPSA) is 120 Å². The summed E-state index contributed by atoms with van der Waals surface area (Å²) in [7, 11) is 0. The molecule has 1 aliphatic rings. The van der Waals surface area contributed by atoms with Crippen LogP contribution in [0.4, 0.5) is 11.4 Å². The Morgan fingerprint density at radius 2 is 1.91 bits per heavy atom. The van der Waals surface area contributed by atoms with Gasteiger partial charge in [0.05, 0.1) is 14.9 Å². The molecule has 9 heteroatoms. The lowest BCUT2D eigenvalue weighted by atomic mass is 9.82. The number of nitrogen functional groups attached to an aromatic ring is 1. The Hall–Kier alpha value is -2.84. The van der Waals surface area contributed by atoms with Crippen LogP contribution < -0.4 is 22.5 Å². The van der Waals surface area contributed by atoms with Gasteiger partial charge in [-0.1, -0.05) is 40.9 Å². The van der Waals surface area contributed by atoms with E-state index in [9.17, 15) is 4.79 Å². The zero-order valence-corrected chi connectivity index (χ0v) is 21.4. The number of nitrogens with two attached hydrogens (primary N) is 3. The number of carbonyl (C=O) groups excluding carboxylic acids is 1. The second kappa shape index (κ2) is 11.3. The molecule has 0 saturated heterocycles. The third kappa shape index (κ3) is 5.87. The fourth-order valence-electron chi connectivity index (χ4n) is 4.05. The summed E-state index contributed by atoms with van der Waals surface area (Å²) in [5.41, 5.74) is 23.6. The van der Waals surface area contributed by atoms with E-state index in [1.54, 1.807) is 18.2 Å². The highest BCUT2D eigenvalue weighted by Crippen LogP contribution is 2.39. The highest BCUT2D eigenvalue weighted by molar-refractivity contribution is 7.12. The molecule has 3 aromatic rings. The van der Waals surface area contributed by atoms with Gasteiger partial charge in [0.1, 0.15) is 5.84 Å². The van der Waals surface area contributed by atoms with Gasteiger partial charge in [0.15, 0.2) is 0 Å². The molecule has 182 valence electrons. The van der Waals surface area contributed by atoms with Crippen molar-refractivity contribution in [3.8, 4) is 0 Å². The molecular weight excluding hydrogens is 501 g/mol. The van der Waals surface area contributed by atoms with Crippen molar-refractivity contribution < 1.29 is 4.79 Å². The molecule has 1 aromatic heterocycles. The van der Waals surface area contributed by atoms with Crippen molar-refractivity contribution in [2.45, 2.75) is 31.6 Å². The van der Waals surface area contributed by atoms with Crippen LogP contribution in [0.2, 0.25) is 10.0 Å². The van der Waals surface area contributed by atoms with Gasteiger partial charge in [-0.05, 0) is 79.6 Å². The first kappa shape index (κ1) is 25.3. The number of anilines is 2. The van der Waals surface area contributed by atoms with Crippen LogP contribution in [0.25, 0.3) is 0 Å². The number of nitrogens with one attached hydrogen (secondary N) is 1. The maximum atomic E-state index is 12.4. The zero-order chi connectivity index (χ0) is 24.9. The van der Waals surface area contributed by atoms with Gasteiger partial charge in [0.2, 0.25) is 0 Å². The Morgan fingerprint density at radius 1 is 1.11 bits per heavy atom. The van der Waals surface area contributed by atoms with E-state index < -0.39 is 5.91 Å². The smallest absolute Gasteiger partial charge is 0.288 e. The summed E-state index contributed by atoms with van der Waals surface area (Å²) >= 11 is 13.8. The zero-order valence-electron chi connectivity index (χ0n) is 19.1. The lowest BCUT2D eigenvalue weighted by molar-refractivity contribution is 0.101. The molecule has 1 amide bonds. The van der Waals surface area contributed by atoms with Gasteiger partial charge in [-0.3, -0.25) is 4.79 Å². The molecule has 4 rings (SSSR count). The van der Waals surface area contributed by atoms with Crippen LogP contribution in [0.15, 0.2) is 70.2 Å². The summed E-state index contributed by atoms with van der Waals surface area (Å²) < 4.78 is 0. The van der Waals surface area contributed by atoms with Crippen molar-refractivity contribution in [1.82, 2.24) is 0 Å². The maximum Gasteiger partial charge on any atom is 0.288 e. The van der Waals surface area contributed by atoms with Crippen LogP contribution in [0.3, 0.4) is 0 Å². The number of amides is 1. The molecule has 0 radical (unpaired) electrons. The van der Waals surface area contributed by atoms with Crippen LogP contribution in [0, 0.1) is 0 Å². The van der Waals surface area contributed by atoms with Gasteiger partial charge < -0.3 is 22.5 Å². The average Bonchev–Trinajstić information content (AvgIpc) is 3.34. The summed E-state index contributed by atoms with van der Waals surface area (Å²) in [5.74, 6) is -0.293. The Labute approximate surface area is 218 Å². The van der Waals surface area contributed by atoms with Crippen LogP contribution >= 0.6 is 34.5 Å². The molecule has 1 heterocycles. The van der Waals surface area contributed by atoms with Gasteiger partial charge in [0, 0.05) is 28.6 Å². The van der Waals surface area contributed by atoms with Gasteiger partial charge in [0.25, 0.3) is 5.91 Å². The molecule has 1 aliphatic carbocycles. The number of benzene rings is 2. The lowest BCUT2D eigenvalue weighted by Crippen LogP contribution is -2.20. The van der Waals surface area contributed by atoms with E-state index in [0.29, 0.717) is 32.7 Å². The molecule has 0 bridgehead atoms. The SMILES string of the molecule is NCCC(C(Nc1ccc(N)c(C(N)=NC(=O)c2cccs2)c1)=C1CCC1)c1ccc(Cl)c(Cl)c1. The summed E-state index contributed by atoms with van der Waals surface area (Å²) in [6.07, 6.45) is 3.93. The average molecular weight is 529 g/mol. The van der Waals surface area contributed by atoms with Crippen LogP contribution in [-0.2, 0) is 0 Å². The number of carbonyl (C=O) groups is 1. The number of thiophene rings is 1.